The maximum Gasteiger partial charge on any atom is 0.265 e. The van der Waals surface area contributed by atoms with Crippen molar-refractivity contribution in [3.63, 3.8) is 0 Å². The largest absolute Gasteiger partial charge is 0.330 e. The maximum absolute atomic E-state index is 12.8. The van der Waals surface area contributed by atoms with Crippen LogP contribution in [-0.4, -0.2) is 16.7 Å². The average Bonchev–Trinajstić information content (AvgIpc) is 3.20. The molecule has 0 bridgehead atoms. The number of fused-ring (bicyclic) bond motifs is 1. The van der Waals surface area contributed by atoms with Gasteiger partial charge in [0.15, 0.2) is 0 Å². The van der Waals surface area contributed by atoms with E-state index in [4.69, 9.17) is 11.6 Å². The van der Waals surface area contributed by atoms with E-state index in [-0.39, 0.29) is 11.8 Å². The molecular weight excluding hydrogens is 380 g/mol. The van der Waals surface area contributed by atoms with E-state index in [1.54, 1.807) is 23.1 Å². The first-order chi connectivity index (χ1) is 13.0. The number of aryl methyl sites for hydroxylation is 1. The molecule has 0 saturated carbocycles. The third-order valence-electron chi connectivity index (χ3n) is 4.54. The van der Waals surface area contributed by atoms with Gasteiger partial charge < -0.3 is 10.2 Å². The highest BCUT2D eigenvalue weighted by Gasteiger charge is 2.29. The number of hydrogen-bond donors (Lipinski definition) is 1. The first-order valence-electron chi connectivity index (χ1n) is 8.54. The number of nitrogens with one attached hydrogen (secondary N) is 1. The molecule has 136 valence electrons. The Morgan fingerprint density at radius 1 is 1.19 bits per heavy atom. The summed E-state index contributed by atoms with van der Waals surface area (Å²) in [5, 5.41) is 2.92. The molecule has 0 atom stereocenters. The summed E-state index contributed by atoms with van der Waals surface area (Å²) in [4.78, 5) is 27.6. The summed E-state index contributed by atoms with van der Waals surface area (Å²) in [7, 11) is 0. The first kappa shape index (κ1) is 17.8. The topological polar surface area (TPSA) is 49.4 Å². The highest BCUT2D eigenvalue weighted by Crippen LogP contribution is 2.31. The monoisotopic (exact) mass is 396 g/mol. The molecule has 1 aliphatic heterocycles. The first-order valence-corrected chi connectivity index (χ1v) is 9.74. The standard InChI is InChI=1S/C21H17ClN2O2S/c1-13-4-2-5-14(10-13)11-24-12-16-15(21(24)26)6-3-7-17(16)23-20(25)18-8-9-19(22)27-18/h2-10H,11-12H2,1H3,(H,23,25). The van der Waals surface area contributed by atoms with Crippen molar-refractivity contribution in [2.75, 3.05) is 5.32 Å². The summed E-state index contributed by atoms with van der Waals surface area (Å²) in [6, 6.07) is 17.0. The molecule has 0 saturated heterocycles. The molecule has 0 fully saturated rings. The Bertz CT molecular complexity index is 1040. The van der Waals surface area contributed by atoms with Crippen LogP contribution in [0.25, 0.3) is 0 Å². The minimum absolute atomic E-state index is 0.0122. The van der Waals surface area contributed by atoms with Gasteiger partial charge >= 0.3 is 0 Å². The second kappa shape index (κ2) is 7.18. The molecule has 1 aliphatic rings. The van der Waals surface area contributed by atoms with Gasteiger partial charge in [-0.1, -0.05) is 47.5 Å². The van der Waals surface area contributed by atoms with E-state index < -0.39 is 0 Å². The fourth-order valence-corrected chi connectivity index (χ4v) is 4.22. The van der Waals surface area contributed by atoms with Crippen molar-refractivity contribution in [3.8, 4) is 0 Å². The van der Waals surface area contributed by atoms with Crippen molar-refractivity contribution in [2.24, 2.45) is 0 Å². The van der Waals surface area contributed by atoms with Crippen molar-refractivity contribution in [2.45, 2.75) is 20.0 Å². The second-order valence-electron chi connectivity index (χ2n) is 6.54. The van der Waals surface area contributed by atoms with Crippen LogP contribution in [0.1, 0.15) is 36.7 Å². The van der Waals surface area contributed by atoms with Gasteiger partial charge in [0.2, 0.25) is 0 Å². The number of halogens is 1. The maximum atomic E-state index is 12.8. The number of nitrogens with zero attached hydrogens (tertiary/aromatic N) is 1. The molecule has 0 unspecified atom stereocenters. The summed E-state index contributed by atoms with van der Waals surface area (Å²) in [6.45, 7) is 3.06. The molecule has 6 heteroatoms. The summed E-state index contributed by atoms with van der Waals surface area (Å²) < 4.78 is 0.568. The summed E-state index contributed by atoms with van der Waals surface area (Å²) >= 11 is 7.14. The zero-order chi connectivity index (χ0) is 19.0. The van der Waals surface area contributed by atoms with E-state index in [0.29, 0.717) is 33.6 Å². The zero-order valence-electron chi connectivity index (χ0n) is 14.7. The van der Waals surface area contributed by atoms with Gasteiger partial charge in [-0.15, -0.1) is 11.3 Å². The number of amides is 2. The lowest BCUT2D eigenvalue weighted by Gasteiger charge is -2.16. The highest BCUT2D eigenvalue weighted by atomic mass is 35.5. The predicted octanol–water partition coefficient (Wildman–Crippen LogP) is 5.12. The Kier molecular flexibility index (Phi) is 4.72. The van der Waals surface area contributed by atoms with Crippen LogP contribution >= 0.6 is 22.9 Å². The molecule has 2 amide bonds. The lowest BCUT2D eigenvalue weighted by atomic mass is 10.1. The summed E-state index contributed by atoms with van der Waals surface area (Å²) in [6.07, 6.45) is 0. The minimum Gasteiger partial charge on any atom is -0.330 e. The van der Waals surface area contributed by atoms with Crippen molar-refractivity contribution < 1.29 is 9.59 Å². The fraction of sp³-hybridized carbons (Fsp3) is 0.143. The van der Waals surface area contributed by atoms with E-state index in [0.717, 1.165) is 11.1 Å². The van der Waals surface area contributed by atoms with E-state index in [9.17, 15) is 9.59 Å². The van der Waals surface area contributed by atoms with Gasteiger partial charge in [-0.25, -0.2) is 0 Å². The Morgan fingerprint density at radius 2 is 2.00 bits per heavy atom. The van der Waals surface area contributed by atoms with Crippen LogP contribution in [0, 0.1) is 6.92 Å². The Balaban J connectivity index is 1.56. The fourth-order valence-electron chi connectivity index (χ4n) is 3.29. The third-order valence-corrected chi connectivity index (χ3v) is 5.77. The number of anilines is 1. The molecular formula is C21H17ClN2O2S. The van der Waals surface area contributed by atoms with E-state index in [2.05, 4.69) is 11.4 Å². The molecule has 2 aromatic carbocycles. The number of benzene rings is 2. The molecule has 0 aliphatic carbocycles. The molecule has 1 aromatic heterocycles. The molecule has 3 aromatic rings. The summed E-state index contributed by atoms with van der Waals surface area (Å²) in [5.41, 5.74) is 4.42. The van der Waals surface area contributed by atoms with Crippen LogP contribution < -0.4 is 5.32 Å². The molecule has 27 heavy (non-hydrogen) atoms. The zero-order valence-corrected chi connectivity index (χ0v) is 16.2. The highest BCUT2D eigenvalue weighted by molar-refractivity contribution is 7.18. The van der Waals surface area contributed by atoms with Crippen LogP contribution in [-0.2, 0) is 13.1 Å². The summed E-state index contributed by atoms with van der Waals surface area (Å²) in [5.74, 6) is -0.230. The molecule has 0 spiro atoms. The van der Waals surface area contributed by atoms with Gasteiger partial charge in [-0.3, -0.25) is 9.59 Å². The van der Waals surface area contributed by atoms with Crippen LogP contribution in [0.15, 0.2) is 54.6 Å². The van der Waals surface area contributed by atoms with Crippen molar-refractivity contribution in [3.05, 3.63) is 86.1 Å². The Morgan fingerprint density at radius 3 is 2.74 bits per heavy atom. The quantitative estimate of drug-likeness (QED) is 0.665. The van der Waals surface area contributed by atoms with Gasteiger partial charge in [-0.2, -0.15) is 0 Å². The number of carbonyl (C=O) groups is 2. The van der Waals surface area contributed by atoms with Gasteiger partial charge in [0.1, 0.15) is 0 Å². The van der Waals surface area contributed by atoms with Gasteiger partial charge in [0, 0.05) is 29.9 Å². The molecule has 4 nitrogen and oxygen atoms in total. The number of rotatable bonds is 4. The number of hydrogen-bond acceptors (Lipinski definition) is 3. The Hall–Kier alpha value is -2.63. The van der Waals surface area contributed by atoms with E-state index in [1.165, 1.54) is 16.9 Å². The number of carbonyl (C=O) groups excluding carboxylic acids is 2. The van der Waals surface area contributed by atoms with Gasteiger partial charge in [0.05, 0.1) is 9.21 Å². The molecule has 2 heterocycles. The molecule has 4 rings (SSSR count). The number of thiophene rings is 1. The second-order valence-corrected chi connectivity index (χ2v) is 8.25. The average molecular weight is 397 g/mol. The predicted molar refractivity (Wildman–Crippen MR) is 108 cm³/mol. The SMILES string of the molecule is Cc1cccc(CN2Cc3c(NC(=O)c4ccc(Cl)s4)cccc3C2=O)c1. The van der Waals surface area contributed by atoms with Crippen LogP contribution in [0.4, 0.5) is 5.69 Å². The molecule has 0 radical (unpaired) electrons. The Labute approximate surface area is 166 Å². The van der Waals surface area contributed by atoms with Gasteiger partial charge in [-0.05, 0) is 36.8 Å². The smallest absolute Gasteiger partial charge is 0.265 e. The van der Waals surface area contributed by atoms with Crippen LogP contribution in [0.2, 0.25) is 4.34 Å². The van der Waals surface area contributed by atoms with Crippen molar-refractivity contribution in [1.29, 1.82) is 0 Å². The lowest BCUT2D eigenvalue weighted by Crippen LogP contribution is -2.23. The van der Waals surface area contributed by atoms with E-state index in [1.807, 2.05) is 37.3 Å². The normalized spacial score (nSPS) is 13.0. The minimum atomic E-state index is -0.218. The van der Waals surface area contributed by atoms with Crippen LogP contribution in [0.5, 0.6) is 0 Å². The molecule has 1 N–H and O–H groups in total. The van der Waals surface area contributed by atoms with Crippen molar-refractivity contribution in [1.82, 2.24) is 4.90 Å². The van der Waals surface area contributed by atoms with Gasteiger partial charge in [0.25, 0.3) is 11.8 Å². The third kappa shape index (κ3) is 3.61. The van der Waals surface area contributed by atoms with Crippen molar-refractivity contribution >= 4 is 40.4 Å². The lowest BCUT2D eigenvalue weighted by molar-refractivity contribution is 0.0766. The van der Waals surface area contributed by atoms with E-state index >= 15 is 0 Å². The van der Waals surface area contributed by atoms with Crippen LogP contribution in [0.3, 0.4) is 0 Å².